The van der Waals surface area contributed by atoms with E-state index in [1.165, 1.54) is 0 Å². The van der Waals surface area contributed by atoms with Gasteiger partial charge in [0, 0.05) is 25.2 Å². The average Bonchev–Trinajstić information content (AvgIpc) is 1.97. The Bertz CT molecular complexity index is 173. The molecule has 1 unspecified atom stereocenters. The summed E-state index contributed by atoms with van der Waals surface area (Å²) in [6.07, 6.45) is 1.12. The molecule has 0 aliphatic heterocycles. The van der Waals surface area contributed by atoms with Crippen LogP contribution < -0.4 is 11.1 Å². The largest absolute Gasteiger partial charge is 0.383 e. The van der Waals surface area contributed by atoms with E-state index >= 15 is 0 Å². The Morgan fingerprint density at radius 2 is 1.73 bits per heavy atom. The first-order valence-corrected chi connectivity index (χ1v) is 5.66. The minimum absolute atomic E-state index is 0.0780. The first-order chi connectivity index (χ1) is 6.66. The van der Waals surface area contributed by atoms with Gasteiger partial charge in [-0.3, -0.25) is 0 Å². The smallest absolute Gasteiger partial charge is 0.0626 e. The minimum atomic E-state index is 0.0780. The summed E-state index contributed by atoms with van der Waals surface area (Å²) >= 11 is 0. The van der Waals surface area contributed by atoms with Crippen molar-refractivity contribution in [3.63, 3.8) is 0 Å². The zero-order valence-corrected chi connectivity index (χ0v) is 11.2. The second-order valence-corrected chi connectivity index (χ2v) is 6.22. The van der Waals surface area contributed by atoms with Crippen LogP contribution in [0.1, 0.15) is 41.0 Å². The number of ether oxygens (including phenoxy) is 1. The summed E-state index contributed by atoms with van der Waals surface area (Å²) in [5, 5.41) is 3.50. The highest BCUT2D eigenvalue weighted by molar-refractivity contribution is 4.84. The molecule has 0 bridgehead atoms. The van der Waals surface area contributed by atoms with E-state index in [2.05, 4.69) is 39.9 Å². The van der Waals surface area contributed by atoms with Gasteiger partial charge in [0.2, 0.25) is 0 Å². The molecule has 1 atom stereocenters. The van der Waals surface area contributed by atoms with Crippen LogP contribution in [0, 0.1) is 5.41 Å². The first-order valence-electron chi connectivity index (χ1n) is 5.66. The maximum absolute atomic E-state index is 5.87. The molecule has 3 N–H and O–H groups in total. The lowest BCUT2D eigenvalue weighted by Crippen LogP contribution is -2.48. The lowest BCUT2D eigenvalue weighted by molar-refractivity contribution is 0.169. The standard InChI is InChI=1S/C12H28N2O/c1-11(2,3)9-12(4,5)14-7-10(13)8-15-6/h10,14H,7-9,13H2,1-6H3. The van der Waals surface area contributed by atoms with Gasteiger partial charge in [0.1, 0.15) is 0 Å². The molecule has 0 amide bonds. The van der Waals surface area contributed by atoms with Crippen LogP contribution in [-0.4, -0.2) is 31.8 Å². The molecule has 0 aliphatic carbocycles. The molecular weight excluding hydrogens is 188 g/mol. The molecule has 0 rings (SSSR count). The van der Waals surface area contributed by atoms with E-state index in [-0.39, 0.29) is 11.6 Å². The van der Waals surface area contributed by atoms with Gasteiger partial charge in [0.15, 0.2) is 0 Å². The molecule has 0 saturated carbocycles. The van der Waals surface area contributed by atoms with Gasteiger partial charge in [-0.05, 0) is 25.7 Å². The zero-order valence-electron chi connectivity index (χ0n) is 11.2. The SMILES string of the molecule is COCC(N)CNC(C)(C)CC(C)(C)C. The van der Waals surface area contributed by atoms with Gasteiger partial charge in [-0.25, -0.2) is 0 Å². The summed E-state index contributed by atoms with van der Waals surface area (Å²) in [5.41, 5.74) is 6.33. The third kappa shape index (κ3) is 8.85. The van der Waals surface area contributed by atoms with Crippen LogP contribution in [0.3, 0.4) is 0 Å². The van der Waals surface area contributed by atoms with Crippen molar-refractivity contribution in [2.45, 2.75) is 52.6 Å². The molecule has 0 aliphatic rings. The van der Waals surface area contributed by atoms with Gasteiger partial charge < -0.3 is 15.8 Å². The molecule has 0 aromatic heterocycles. The van der Waals surface area contributed by atoms with Crippen molar-refractivity contribution in [1.29, 1.82) is 0 Å². The molecule has 0 spiro atoms. The van der Waals surface area contributed by atoms with Crippen molar-refractivity contribution < 1.29 is 4.74 Å². The molecule has 0 fully saturated rings. The highest BCUT2D eigenvalue weighted by atomic mass is 16.5. The zero-order chi connectivity index (χ0) is 12.1. The molecule has 0 heterocycles. The van der Waals surface area contributed by atoms with Crippen LogP contribution >= 0.6 is 0 Å². The molecule has 0 saturated heterocycles. The van der Waals surface area contributed by atoms with E-state index in [1.807, 2.05) is 0 Å². The fraction of sp³-hybridized carbons (Fsp3) is 1.00. The second kappa shape index (κ2) is 5.83. The number of rotatable bonds is 6. The van der Waals surface area contributed by atoms with Crippen molar-refractivity contribution in [3.8, 4) is 0 Å². The Kier molecular flexibility index (Phi) is 5.78. The van der Waals surface area contributed by atoms with Gasteiger partial charge >= 0.3 is 0 Å². The number of nitrogens with two attached hydrogens (primary N) is 1. The summed E-state index contributed by atoms with van der Waals surface area (Å²) in [6, 6.07) is 0.0780. The van der Waals surface area contributed by atoms with E-state index in [1.54, 1.807) is 7.11 Å². The number of nitrogens with one attached hydrogen (secondary N) is 1. The molecule has 15 heavy (non-hydrogen) atoms. The molecular formula is C12H28N2O. The van der Waals surface area contributed by atoms with Gasteiger partial charge in [-0.15, -0.1) is 0 Å². The van der Waals surface area contributed by atoms with Crippen LogP contribution in [0.5, 0.6) is 0 Å². The predicted octanol–water partition coefficient (Wildman–Crippen LogP) is 1.76. The van der Waals surface area contributed by atoms with Crippen LogP contribution in [-0.2, 0) is 4.74 Å². The number of methoxy groups -OCH3 is 1. The summed E-state index contributed by atoms with van der Waals surface area (Å²) < 4.78 is 5.00. The van der Waals surface area contributed by atoms with Crippen LogP contribution in [0.25, 0.3) is 0 Å². The minimum Gasteiger partial charge on any atom is -0.383 e. The quantitative estimate of drug-likeness (QED) is 0.711. The van der Waals surface area contributed by atoms with Crippen molar-refractivity contribution in [1.82, 2.24) is 5.32 Å². The van der Waals surface area contributed by atoms with E-state index in [9.17, 15) is 0 Å². The second-order valence-electron chi connectivity index (χ2n) is 6.22. The van der Waals surface area contributed by atoms with Crippen molar-refractivity contribution in [2.24, 2.45) is 11.1 Å². The Labute approximate surface area is 94.8 Å². The lowest BCUT2D eigenvalue weighted by atomic mass is 9.82. The van der Waals surface area contributed by atoms with Crippen LogP contribution in [0.15, 0.2) is 0 Å². The van der Waals surface area contributed by atoms with Crippen molar-refractivity contribution >= 4 is 0 Å². The van der Waals surface area contributed by atoms with E-state index in [4.69, 9.17) is 10.5 Å². The number of hydrogen-bond acceptors (Lipinski definition) is 3. The highest BCUT2D eigenvalue weighted by Gasteiger charge is 2.25. The fourth-order valence-electron chi connectivity index (χ4n) is 2.07. The predicted molar refractivity (Wildman–Crippen MR) is 66.0 cm³/mol. The van der Waals surface area contributed by atoms with Crippen molar-refractivity contribution in [3.05, 3.63) is 0 Å². The third-order valence-electron chi connectivity index (χ3n) is 2.20. The molecule has 0 radical (unpaired) electrons. The lowest BCUT2D eigenvalue weighted by Gasteiger charge is -2.34. The fourth-order valence-corrected chi connectivity index (χ4v) is 2.07. The summed E-state index contributed by atoms with van der Waals surface area (Å²) in [6.45, 7) is 12.6. The molecule has 3 heteroatoms. The molecule has 0 aromatic rings. The summed E-state index contributed by atoms with van der Waals surface area (Å²) in [4.78, 5) is 0. The van der Waals surface area contributed by atoms with Gasteiger partial charge in [0.25, 0.3) is 0 Å². The van der Waals surface area contributed by atoms with Gasteiger partial charge in [0.05, 0.1) is 6.61 Å². The van der Waals surface area contributed by atoms with E-state index < -0.39 is 0 Å². The third-order valence-corrected chi connectivity index (χ3v) is 2.20. The van der Waals surface area contributed by atoms with E-state index in [0.29, 0.717) is 12.0 Å². The molecule has 92 valence electrons. The maximum Gasteiger partial charge on any atom is 0.0626 e. The van der Waals surface area contributed by atoms with Crippen molar-refractivity contribution in [2.75, 3.05) is 20.3 Å². The van der Waals surface area contributed by atoms with Gasteiger partial charge in [-0.2, -0.15) is 0 Å². The van der Waals surface area contributed by atoms with Gasteiger partial charge in [-0.1, -0.05) is 20.8 Å². The topological polar surface area (TPSA) is 47.3 Å². The maximum atomic E-state index is 5.87. The van der Waals surface area contributed by atoms with E-state index in [0.717, 1.165) is 13.0 Å². The summed E-state index contributed by atoms with van der Waals surface area (Å²) in [5.74, 6) is 0. The first kappa shape index (κ1) is 14.9. The van der Waals surface area contributed by atoms with Crippen LogP contribution in [0.4, 0.5) is 0 Å². The molecule has 3 nitrogen and oxygen atoms in total. The monoisotopic (exact) mass is 216 g/mol. The Morgan fingerprint density at radius 1 is 1.20 bits per heavy atom. The number of hydrogen-bond donors (Lipinski definition) is 2. The highest BCUT2D eigenvalue weighted by Crippen LogP contribution is 2.26. The Hall–Kier alpha value is -0.120. The molecule has 0 aromatic carbocycles. The normalized spacial score (nSPS) is 15.4. The van der Waals surface area contributed by atoms with Crippen LogP contribution in [0.2, 0.25) is 0 Å². The summed E-state index contributed by atoms with van der Waals surface area (Å²) in [7, 11) is 1.68. The Balaban J connectivity index is 3.93. The Morgan fingerprint density at radius 3 is 2.13 bits per heavy atom. The average molecular weight is 216 g/mol.